The van der Waals surface area contributed by atoms with Crippen molar-refractivity contribution >= 4 is 5.91 Å². The molecule has 0 aliphatic carbocycles. The molecule has 0 aliphatic heterocycles. The van der Waals surface area contributed by atoms with E-state index in [-0.39, 0.29) is 11.9 Å². The highest BCUT2D eigenvalue weighted by Gasteiger charge is 2.10. The fraction of sp³-hybridized carbons (Fsp3) is 0.833. The van der Waals surface area contributed by atoms with Gasteiger partial charge in [-0.15, -0.1) is 0 Å². The SMILES string of the molecule is CCONC(CC)C(N)=O. The minimum absolute atomic E-state index is 0.361. The van der Waals surface area contributed by atoms with Crippen LogP contribution in [-0.4, -0.2) is 18.6 Å². The average molecular weight is 146 g/mol. The van der Waals surface area contributed by atoms with Crippen LogP contribution in [0, 0.1) is 0 Å². The van der Waals surface area contributed by atoms with Gasteiger partial charge in [0.25, 0.3) is 0 Å². The molecule has 0 saturated heterocycles. The van der Waals surface area contributed by atoms with E-state index in [0.29, 0.717) is 13.0 Å². The lowest BCUT2D eigenvalue weighted by atomic mass is 10.2. The van der Waals surface area contributed by atoms with Crippen LogP contribution in [0.2, 0.25) is 0 Å². The largest absolute Gasteiger partial charge is 0.368 e. The predicted molar refractivity (Wildman–Crippen MR) is 38.0 cm³/mol. The summed E-state index contributed by atoms with van der Waals surface area (Å²) in [5, 5.41) is 0. The molecule has 4 nitrogen and oxygen atoms in total. The maximum absolute atomic E-state index is 10.5. The molecule has 0 aromatic heterocycles. The number of nitrogens with two attached hydrogens (primary N) is 1. The van der Waals surface area contributed by atoms with Crippen LogP contribution in [0.1, 0.15) is 20.3 Å². The molecular formula is C6H14N2O2. The molecule has 0 rings (SSSR count). The van der Waals surface area contributed by atoms with Crippen LogP contribution in [0.3, 0.4) is 0 Å². The Bertz CT molecular complexity index is 106. The minimum atomic E-state index is -0.379. The van der Waals surface area contributed by atoms with E-state index >= 15 is 0 Å². The van der Waals surface area contributed by atoms with Crippen LogP contribution in [0.5, 0.6) is 0 Å². The summed E-state index contributed by atoms with van der Waals surface area (Å²) in [6, 6.07) is -0.361. The first-order valence-corrected chi connectivity index (χ1v) is 3.39. The summed E-state index contributed by atoms with van der Waals surface area (Å²) in [6.07, 6.45) is 0.648. The molecule has 0 aromatic carbocycles. The third-order valence-electron chi connectivity index (χ3n) is 1.12. The first-order valence-electron chi connectivity index (χ1n) is 3.39. The first kappa shape index (κ1) is 9.39. The average Bonchev–Trinajstić information content (AvgIpc) is 1.89. The van der Waals surface area contributed by atoms with Gasteiger partial charge < -0.3 is 10.6 Å². The highest BCUT2D eigenvalue weighted by atomic mass is 16.6. The van der Waals surface area contributed by atoms with Crippen molar-refractivity contribution in [3.63, 3.8) is 0 Å². The van der Waals surface area contributed by atoms with Gasteiger partial charge in [0.15, 0.2) is 0 Å². The predicted octanol–water partition coefficient (Wildman–Crippen LogP) is -0.209. The zero-order valence-electron chi connectivity index (χ0n) is 6.39. The van der Waals surface area contributed by atoms with Crippen LogP contribution >= 0.6 is 0 Å². The first-order chi connectivity index (χ1) is 4.72. The molecule has 1 atom stereocenters. The summed E-state index contributed by atoms with van der Waals surface area (Å²) >= 11 is 0. The van der Waals surface area contributed by atoms with Gasteiger partial charge in [-0.3, -0.25) is 4.79 Å². The van der Waals surface area contributed by atoms with Gasteiger partial charge in [-0.2, -0.15) is 5.48 Å². The standard InChI is InChI=1S/C6H14N2O2/c1-3-5(6(7)9)8-10-4-2/h5,8H,3-4H2,1-2H3,(H2,7,9). The van der Waals surface area contributed by atoms with E-state index in [1.807, 2.05) is 13.8 Å². The molecular weight excluding hydrogens is 132 g/mol. The molecule has 0 spiro atoms. The number of hydrogen-bond donors (Lipinski definition) is 2. The third kappa shape index (κ3) is 3.42. The number of rotatable bonds is 5. The molecule has 0 saturated carbocycles. The molecule has 3 N–H and O–H groups in total. The quantitative estimate of drug-likeness (QED) is 0.527. The van der Waals surface area contributed by atoms with Gasteiger partial charge in [0.1, 0.15) is 6.04 Å². The molecule has 4 heteroatoms. The van der Waals surface area contributed by atoms with Gasteiger partial charge in [-0.25, -0.2) is 0 Å². The van der Waals surface area contributed by atoms with Gasteiger partial charge in [0.05, 0.1) is 6.61 Å². The van der Waals surface area contributed by atoms with E-state index in [1.165, 1.54) is 0 Å². The smallest absolute Gasteiger partial charge is 0.236 e. The highest BCUT2D eigenvalue weighted by Crippen LogP contribution is 1.87. The topological polar surface area (TPSA) is 64.3 Å². The summed E-state index contributed by atoms with van der Waals surface area (Å²) in [4.78, 5) is 15.3. The summed E-state index contributed by atoms with van der Waals surface area (Å²) in [6.45, 7) is 4.23. The second-order valence-corrected chi connectivity index (χ2v) is 1.91. The summed E-state index contributed by atoms with van der Waals surface area (Å²) in [7, 11) is 0. The third-order valence-corrected chi connectivity index (χ3v) is 1.12. The minimum Gasteiger partial charge on any atom is -0.368 e. The zero-order chi connectivity index (χ0) is 7.98. The molecule has 0 heterocycles. The highest BCUT2D eigenvalue weighted by molar-refractivity contribution is 5.79. The Morgan fingerprint density at radius 1 is 1.70 bits per heavy atom. The van der Waals surface area contributed by atoms with Crippen LogP contribution in [-0.2, 0) is 9.63 Å². The summed E-state index contributed by atoms with van der Waals surface area (Å²) in [5.74, 6) is -0.379. The Kier molecular flexibility index (Phi) is 4.88. The maximum Gasteiger partial charge on any atom is 0.236 e. The monoisotopic (exact) mass is 146 g/mol. The van der Waals surface area contributed by atoms with E-state index in [1.54, 1.807) is 0 Å². The number of carbonyl (C=O) groups is 1. The molecule has 1 amide bonds. The number of nitrogens with one attached hydrogen (secondary N) is 1. The molecule has 1 unspecified atom stereocenters. The Hall–Kier alpha value is -0.610. The van der Waals surface area contributed by atoms with Gasteiger partial charge in [-0.05, 0) is 13.3 Å². The molecule has 0 radical (unpaired) electrons. The molecule has 0 fully saturated rings. The lowest BCUT2D eigenvalue weighted by molar-refractivity contribution is -0.124. The van der Waals surface area contributed by atoms with E-state index < -0.39 is 0 Å². The fourth-order valence-electron chi connectivity index (χ4n) is 0.527. The lowest BCUT2D eigenvalue weighted by Crippen LogP contribution is -2.40. The molecule has 0 aromatic rings. The normalized spacial score (nSPS) is 13.0. The second kappa shape index (κ2) is 5.20. The molecule has 0 aliphatic rings. The van der Waals surface area contributed by atoms with Gasteiger partial charge >= 0.3 is 0 Å². The van der Waals surface area contributed by atoms with E-state index in [0.717, 1.165) is 0 Å². The number of hydroxylamine groups is 1. The molecule has 10 heavy (non-hydrogen) atoms. The zero-order valence-corrected chi connectivity index (χ0v) is 6.39. The summed E-state index contributed by atoms with van der Waals surface area (Å²) in [5.41, 5.74) is 7.55. The van der Waals surface area contributed by atoms with Crippen molar-refractivity contribution in [1.82, 2.24) is 5.48 Å². The van der Waals surface area contributed by atoms with Crippen molar-refractivity contribution < 1.29 is 9.63 Å². The van der Waals surface area contributed by atoms with Crippen molar-refractivity contribution in [2.75, 3.05) is 6.61 Å². The van der Waals surface area contributed by atoms with E-state index in [2.05, 4.69) is 5.48 Å². The lowest BCUT2D eigenvalue weighted by Gasteiger charge is -2.10. The van der Waals surface area contributed by atoms with Gasteiger partial charge in [-0.1, -0.05) is 6.92 Å². The Labute approximate surface area is 60.7 Å². The number of primary amides is 1. The van der Waals surface area contributed by atoms with Crippen molar-refractivity contribution in [1.29, 1.82) is 0 Å². The van der Waals surface area contributed by atoms with E-state index in [9.17, 15) is 4.79 Å². The van der Waals surface area contributed by atoms with Crippen LogP contribution in [0.15, 0.2) is 0 Å². The Morgan fingerprint density at radius 3 is 2.60 bits per heavy atom. The maximum atomic E-state index is 10.5. The molecule has 60 valence electrons. The fourth-order valence-corrected chi connectivity index (χ4v) is 0.527. The number of carbonyl (C=O) groups excluding carboxylic acids is 1. The number of hydrogen-bond acceptors (Lipinski definition) is 3. The Morgan fingerprint density at radius 2 is 2.30 bits per heavy atom. The second-order valence-electron chi connectivity index (χ2n) is 1.91. The van der Waals surface area contributed by atoms with Gasteiger partial charge in [0, 0.05) is 0 Å². The van der Waals surface area contributed by atoms with Crippen LogP contribution < -0.4 is 11.2 Å². The van der Waals surface area contributed by atoms with Gasteiger partial charge in [0.2, 0.25) is 5.91 Å². The van der Waals surface area contributed by atoms with Crippen molar-refractivity contribution in [3.05, 3.63) is 0 Å². The van der Waals surface area contributed by atoms with Crippen molar-refractivity contribution in [2.45, 2.75) is 26.3 Å². The molecule has 0 bridgehead atoms. The van der Waals surface area contributed by atoms with Crippen molar-refractivity contribution in [3.8, 4) is 0 Å². The van der Waals surface area contributed by atoms with Crippen molar-refractivity contribution in [2.24, 2.45) is 5.73 Å². The Balaban J connectivity index is 3.50. The number of amides is 1. The van der Waals surface area contributed by atoms with Crippen LogP contribution in [0.4, 0.5) is 0 Å². The van der Waals surface area contributed by atoms with E-state index in [4.69, 9.17) is 10.6 Å². The van der Waals surface area contributed by atoms with Crippen LogP contribution in [0.25, 0.3) is 0 Å². The summed E-state index contributed by atoms with van der Waals surface area (Å²) < 4.78 is 0.